The number of urea groups is 1. The van der Waals surface area contributed by atoms with Gasteiger partial charge in [-0.2, -0.15) is 0 Å². The number of phenols is 3. The van der Waals surface area contributed by atoms with Gasteiger partial charge in [-0.05, 0) is 24.3 Å². The van der Waals surface area contributed by atoms with Crippen LogP contribution in [-0.2, 0) is 0 Å². The van der Waals surface area contributed by atoms with E-state index >= 15 is 0 Å². The van der Waals surface area contributed by atoms with Gasteiger partial charge in [-0.15, -0.1) is 0 Å². The van der Waals surface area contributed by atoms with E-state index in [-0.39, 0.29) is 5.69 Å². The molecule has 0 aromatic heterocycles. The Morgan fingerprint density at radius 2 is 1.42 bits per heavy atom. The summed E-state index contributed by atoms with van der Waals surface area (Å²) >= 11 is 1.51. The first kappa shape index (κ1) is 17.5. The molecule has 3 aromatic carbocycles. The van der Waals surface area contributed by atoms with Crippen molar-refractivity contribution in [3.63, 3.8) is 0 Å². The Hall–Kier alpha value is -3.32. The third kappa shape index (κ3) is 4.20. The molecule has 0 heterocycles. The first-order valence-electron chi connectivity index (χ1n) is 7.68. The molecule has 0 saturated heterocycles. The Bertz CT molecular complexity index is 909. The average Bonchev–Trinajstić information content (AvgIpc) is 2.62. The molecule has 0 bridgehead atoms. The van der Waals surface area contributed by atoms with Crippen molar-refractivity contribution in [3.05, 3.63) is 66.7 Å². The highest BCUT2D eigenvalue weighted by atomic mass is 32.2. The Balaban J connectivity index is 1.74. The van der Waals surface area contributed by atoms with E-state index in [4.69, 9.17) is 0 Å². The van der Waals surface area contributed by atoms with Gasteiger partial charge in [-0.25, -0.2) is 4.79 Å². The first-order valence-corrected chi connectivity index (χ1v) is 8.49. The molecule has 0 aliphatic carbocycles. The Labute approximate surface area is 154 Å². The fourth-order valence-electron chi connectivity index (χ4n) is 2.24. The zero-order valence-corrected chi connectivity index (χ0v) is 14.3. The SMILES string of the molecule is O=C(Nc1cc(O)c(O)c(O)c1)Nc1ccccc1Sc1ccccc1. The van der Waals surface area contributed by atoms with E-state index in [1.807, 2.05) is 48.5 Å². The maximum Gasteiger partial charge on any atom is 0.323 e. The predicted molar refractivity (Wildman–Crippen MR) is 101 cm³/mol. The van der Waals surface area contributed by atoms with E-state index in [9.17, 15) is 20.1 Å². The highest BCUT2D eigenvalue weighted by molar-refractivity contribution is 7.99. The largest absolute Gasteiger partial charge is 0.504 e. The first-order chi connectivity index (χ1) is 12.5. The number of benzene rings is 3. The van der Waals surface area contributed by atoms with Gasteiger partial charge in [0.1, 0.15) is 0 Å². The van der Waals surface area contributed by atoms with Gasteiger partial charge >= 0.3 is 6.03 Å². The molecule has 26 heavy (non-hydrogen) atoms. The van der Waals surface area contributed by atoms with Crippen LogP contribution in [0.3, 0.4) is 0 Å². The minimum absolute atomic E-state index is 0.142. The van der Waals surface area contributed by atoms with Gasteiger partial charge in [0.15, 0.2) is 17.2 Å². The molecule has 0 aliphatic rings. The van der Waals surface area contributed by atoms with Gasteiger partial charge in [-0.3, -0.25) is 0 Å². The number of carbonyl (C=O) groups excluding carboxylic acids is 1. The summed E-state index contributed by atoms with van der Waals surface area (Å²) in [4.78, 5) is 14.1. The van der Waals surface area contributed by atoms with Crippen LogP contribution in [0.25, 0.3) is 0 Å². The van der Waals surface area contributed by atoms with Crippen LogP contribution in [0.4, 0.5) is 16.2 Å². The molecule has 3 aromatic rings. The molecule has 2 amide bonds. The van der Waals surface area contributed by atoms with Crippen LogP contribution in [0.1, 0.15) is 0 Å². The zero-order valence-electron chi connectivity index (χ0n) is 13.5. The van der Waals surface area contributed by atoms with E-state index in [2.05, 4.69) is 10.6 Å². The number of para-hydroxylation sites is 1. The van der Waals surface area contributed by atoms with Crippen molar-refractivity contribution < 1.29 is 20.1 Å². The normalized spacial score (nSPS) is 10.3. The van der Waals surface area contributed by atoms with Crippen LogP contribution >= 0.6 is 11.8 Å². The minimum Gasteiger partial charge on any atom is -0.504 e. The van der Waals surface area contributed by atoms with Crippen LogP contribution in [0.2, 0.25) is 0 Å². The summed E-state index contributed by atoms with van der Waals surface area (Å²) < 4.78 is 0. The lowest BCUT2D eigenvalue weighted by Gasteiger charge is -2.12. The second kappa shape index (κ2) is 7.71. The van der Waals surface area contributed by atoms with Crippen LogP contribution in [0, 0.1) is 0 Å². The molecule has 0 unspecified atom stereocenters. The molecule has 7 heteroatoms. The summed E-state index contributed by atoms with van der Waals surface area (Å²) in [5, 5.41) is 33.6. The maximum absolute atomic E-state index is 12.2. The minimum atomic E-state index is -0.638. The summed E-state index contributed by atoms with van der Waals surface area (Å²) in [7, 11) is 0. The van der Waals surface area contributed by atoms with E-state index in [1.165, 1.54) is 11.8 Å². The topological polar surface area (TPSA) is 102 Å². The molecule has 0 atom stereocenters. The van der Waals surface area contributed by atoms with Crippen LogP contribution in [0.5, 0.6) is 17.2 Å². The van der Waals surface area contributed by atoms with Gasteiger partial charge in [0.2, 0.25) is 0 Å². The number of anilines is 2. The number of aromatic hydroxyl groups is 3. The molecule has 3 rings (SSSR count). The highest BCUT2D eigenvalue weighted by Crippen LogP contribution is 2.37. The molecular formula is C19H16N2O4S. The third-order valence-electron chi connectivity index (χ3n) is 3.43. The van der Waals surface area contributed by atoms with E-state index in [0.29, 0.717) is 5.69 Å². The molecule has 6 nitrogen and oxygen atoms in total. The summed E-state index contributed by atoms with van der Waals surface area (Å²) in [5.74, 6) is -1.69. The van der Waals surface area contributed by atoms with Gasteiger partial charge < -0.3 is 26.0 Å². The lowest BCUT2D eigenvalue weighted by atomic mass is 10.2. The second-order valence-electron chi connectivity index (χ2n) is 5.35. The summed E-state index contributed by atoms with van der Waals surface area (Å²) in [6.07, 6.45) is 0. The second-order valence-corrected chi connectivity index (χ2v) is 6.47. The molecule has 0 aliphatic heterocycles. The van der Waals surface area contributed by atoms with Crippen molar-refractivity contribution in [1.29, 1.82) is 0 Å². The number of hydrogen-bond donors (Lipinski definition) is 5. The fourth-order valence-corrected chi connectivity index (χ4v) is 3.16. The van der Waals surface area contributed by atoms with Gasteiger partial charge in [0.25, 0.3) is 0 Å². The Morgan fingerprint density at radius 1 is 0.808 bits per heavy atom. The third-order valence-corrected chi connectivity index (χ3v) is 4.52. The van der Waals surface area contributed by atoms with Crippen molar-refractivity contribution in [2.24, 2.45) is 0 Å². The molecular weight excluding hydrogens is 352 g/mol. The Morgan fingerprint density at radius 3 is 2.12 bits per heavy atom. The maximum atomic E-state index is 12.2. The number of carbonyl (C=O) groups is 1. The van der Waals surface area contributed by atoms with Crippen LogP contribution in [-0.4, -0.2) is 21.4 Å². The van der Waals surface area contributed by atoms with E-state index in [0.717, 1.165) is 21.9 Å². The predicted octanol–water partition coefficient (Wildman–Crippen LogP) is 4.60. The lowest BCUT2D eigenvalue weighted by molar-refractivity contribution is 0.262. The zero-order chi connectivity index (χ0) is 18.5. The van der Waals surface area contributed by atoms with E-state index < -0.39 is 23.3 Å². The highest BCUT2D eigenvalue weighted by Gasteiger charge is 2.12. The lowest BCUT2D eigenvalue weighted by Crippen LogP contribution is -2.19. The standard InChI is InChI=1S/C19H16N2O4S/c22-15-10-12(11-16(23)18(15)24)20-19(25)21-14-8-4-5-9-17(14)26-13-6-2-1-3-7-13/h1-11,22-24H,(H2,20,21,25). The molecule has 0 radical (unpaired) electrons. The van der Waals surface area contributed by atoms with Gasteiger partial charge in [-0.1, -0.05) is 42.1 Å². The molecule has 0 fully saturated rings. The molecule has 5 N–H and O–H groups in total. The molecule has 132 valence electrons. The van der Waals surface area contributed by atoms with Crippen molar-refractivity contribution >= 4 is 29.2 Å². The van der Waals surface area contributed by atoms with Crippen molar-refractivity contribution in [3.8, 4) is 17.2 Å². The molecule has 0 spiro atoms. The number of amides is 2. The van der Waals surface area contributed by atoms with Crippen molar-refractivity contribution in [1.82, 2.24) is 0 Å². The van der Waals surface area contributed by atoms with Gasteiger partial charge in [0, 0.05) is 21.9 Å². The van der Waals surface area contributed by atoms with Gasteiger partial charge in [0.05, 0.1) is 11.4 Å². The van der Waals surface area contributed by atoms with Crippen LogP contribution in [0.15, 0.2) is 76.5 Å². The number of hydrogen-bond acceptors (Lipinski definition) is 5. The quantitative estimate of drug-likeness (QED) is 0.342. The number of nitrogens with one attached hydrogen (secondary N) is 2. The smallest absolute Gasteiger partial charge is 0.323 e. The summed E-state index contributed by atoms with van der Waals surface area (Å²) in [6, 6.07) is 18.9. The number of rotatable bonds is 4. The fraction of sp³-hybridized carbons (Fsp3) is 0. The van der Waals surface area contributed by atoms with E-state index in [1.54, 1.807) is 6.07 Å². The monoisotopic (exact) mass is 368 g/mol. The molecule has 0 saturated carbocycles. The summed E-state index contributed by atoms with van der Waals surface area (Å²) in [6.45, 7) is 0. The summed E-state index contributed by atoms with van der Waals surface area (Å²) in [5.41, 5.74) is 0.759. The van der Waals surface area contributed by atoms with Crippen molar-refractivity contribution in [2.75, 3.05) is 10.6 Å². The van der Waals surface area contributed by atoms with Crippen molar-refractivity contribution in [2.45, 2.75) is 9.79 Å². The van der Waals surface area contributed by atoms with Crippen LogP contribution < -0.4 is 10.6 Å². The average molecular weight is 368 g/mol. The Kier molecular flexibility index (Phi) is 5.19. The number of phenolic OH excluding ortho intramolecular Hbond substituents is 3.